The first kappa shape index (κ1) is 13.8. The minimum atomic E-state index is -0.135. The molecule has 1 saturated carbocycles. The topological polar surface area (TPSA) is 55.0 Å². The molecule has 0 bridgehead atoms. The summed E-state index contributed by atoms with van der Waals surface area (Å²) in [6.07, 6.45) is 2.20. The summed E-state index contributed by atoms with van der Waals surface area (Å²) < 4.78 is 6.59. The van der Waals surface area contributed by atoms with Gasteiger partial charge in [0.05, 0.1) is 17.3 Å². The van der Waals surface area contributed by atoms with E-state index >= 15 is 0 Å². The van der Waals surface area contributed by atoms with E-state index in [1.807, 2.05) is 18.2 Å². The van der Waals surface area contributed by atoms with Crippen molar-refractivity contribution in [3.63, 3.8) is 0 Å². The van der Waals surface area contributed by atoms with Gasteiger partial charge in [0.1, 0.15) is 16.0 Å². The molecule has 0 atom stereocenters. The summed E-state index contributed by atoms with van der Waals surface area (Å²) in [6, 6.07) is 5.62. The van der Waals surface area contributed by atoms with E-state index in [1.165, 1.54) is 0 Å². The highest BCUT2D eigenvalue weighted by atomic mass is 79.9. The Morgan fingerprint density at radius 2 is 2.10 bits per heavy atom. The number of hydrogen-bond acceptors (Lipinski definition) is 3. The molecule has 0 aliphatic heterocycles. The van der Waals surface area contributed by atoms with E-state index in [4.69, 9.17) is 4.74 Å². The van der Waals surface area contributed by atoms with Crippen molar-refractivity contribution in [2.75, 3.05) is 7.11 Å². The molecule has 1 fully saturated rings. The first-order valence-electron chi connectivity index (χ1n) is 6.23. The lowest BCUT2D eigenvalue weighted by atomic mass is 10.2. The Kier molecular flexibility index (Phi) is 3.69. The Morgan fingerprint density at radius 3 is 2.70 bits per heavy atom. The van der Waals surface area contributed by atoms with E-state index in [2.05, 4.69) is 41.8 Å². The van der Waals surface area contributed by atoms with Gasteiger partial charge in [-0.15, -0.1) is 0 Å². The summed E-state index contributed by atoms with van der Waals surface area (Å²) in [5.74, 6) is 1.74. The second-order valence-corrected chi connectivity index (χ2v) is 6.38. The minimum absolute atomic E-state index is 0.135. The molecule has 1 aromatic heterocycles. The first-order chi connectivity index (χ1) is 9.60. The molecule has 2 aromatic rings. The number of ether oxygens (including phenoxy) is 1. The molecule has 6 heteroatoms. The molecule has 0 unspecified atom stereocenters. The van der Waals surface area contributed by atoms with Crippen LogP contribution >= 0.6 is 31.9 Å². The number of aromatic amines is 1. The van der Waals surface area contributed by atoms with E-state index < -0.39 is 0 Å². The highest BCUT2D eigenvalue weighted by Crippen LogP contribution is 2.41. The molecule has 0 saturated heterocycles. The van der Waals surface area contributed by atoms with Crippen LogP contribution in [0.1, 0.15) is 24.5 Å². The van der Waals surface area contributed by atoms with Gasteiger partial charge in [-0.2, -0.15) is 0 Å². The predicted molar refractivity (Wildman–Crippen MR) is 84.2 cm³/mol. The van der Waals surface area contributed by atoms with Crippen molar-refractivity contribution in [3.05, 3.63) is 43.2 Å². The maximum atomic E-state index is 12.0. The predicted octanol–water partition coefficient (Wildman–Crippen LogP) is 3.85. The molecule has 0 radical (unpaired) electrons. The number of nitrogens with one attached hydrogen (secondary N) is 1. The molecule has 1 heterocycles. The van der Waals surface area contributed by atoms with Crippen LogP contribution in [-0.2, 0) is 0 Å². The Labute approximate surface area is 132 Å². The molecule has 1 N–H and O–H groups in total. The fourth-order valence-corrected chi connectivity index (χ4v) is 3.11. The van der Waals surface area contributed by atoms with Crippen molar-refractivity contribution in [3.8, 4) is 17.1 Å². The van der Waals surface area contributed by atoms with Gasteiger partial charge in [0.2, 0.25) is 0 Å². The third-order valence-corrected chi connectivity index (χ3v) is 4.66. The summed E-state index contributed by atoms with van der Waals surface area (Å²) in [6.45, 7) is 0. The summed E-state index contributed by atoms with van der Waals surface area (Å²) in [4.78, 5) is 19.4. The van der Waals surface area contributed by atoms with Crippen molar-refractivity contribution < 1.29 is 4.74 Å². The van der Waals surface area contributed by atoms with Crippen LogP contribution in [0.3, 0.4) is 0 Å². The minimum Gasteiger partial charge on any atom is -0.496 e. The van der Waals surface area contributed by atoms with Crippen LogP contribution in [0.5, 0.6) is 5.75 Å². The number of nitrogens with zero attached hydrogens (tertiary/aromatic N) is 1. The van der Waals surface area contributed by atoms with E-state index in [0.29, 0.717) is 16.2 Å². The smallest absolute Gasteiger partial charge is 0.265 e. The quantitative estimate of drug-likeness (QED) is 0.852. The molecule has 3 rings (SSSR count). The third kappa shape index (κ3) is 2.54. The molecule has 1 aliphatic carbocycles. The maximum Gasteiger partial charge on any atom is 0.265 e. The molecule has 104 valence electrons. The monoisotopic (exact) mass is 398 g/mol. The average Bonchev–Trinajstić information content (AvgIpc) is 3.26. The fourth-order valence-electron chi connectivity index (χ4n) is 2.05. The van der Waals surface area contributed by atoms with Gasteiger partial charge < -0.3 is 9.72 Å². The molecule has 20 heavy (non-hydrogen) atoms. The summed E-state index contributed by atoms with van der Waals surface area (Å²) >= 11 is 6.77. The lowest BCUT2D eigenvalue weighted by Gasteiger charge is -2.08. The van der Waals surface area contributed by atoms with Crippen LogP contribution in [0.15, 0.2) is 31.9 Å². The number of benzene rings is 1. The maximum absolute atomic E-state index is 12.0. The Morgan fingerprint density at radius 1 is 1.35 bits per heavy atom. The summed E-state index contributed by atoms with van der Waals surface area (Å²) in [5, 5.41) is 0. The van der Waals surface area contributed by atoms with Crippen LogP contribution in [0.2, 0.25) is 0 Å². The van der Waals surface area contributed by atoms with Crippen LogP contribution in [0.25, 0.3) is 11.4 Å². The van der Waals surface area contributed by atoms with E-state index in [0.717, 1.165) is 34.3 Å². The third-order valence-electron chi connectivity index (χ3n) is 3.28. The van der Waals surface area contributed by atoms with Crippen molar-refractivity contribution in [1.29, 1.82) is 0 Å². The van der Waals surface area contributed by atoms with Gasteiger partial charge >= 0.3 is 0 Å². The lowest BCUT2D eigenvalue weighted by Crippen LogP contribution is -2.13. The number of aromatic nitrogens is 2. The molecule has 4 nitrogen and oxygen atoms in total. The number of rotatable bonds is 3. The van der Waals surface area contributed by atoms with Crippen LogP contribution in [0.4, 0.5) is 0 Å². The van der Waals surface area contributed by atoms with E-state index in [1.54, 1.807) is 7.11 Å². The largest absolute Gasteiger partial charge is 0.496 e. The van der Waals surface area contributed by atoms with Gasteiger partial charge in [0.25, 0.3) is 5.56 Å². The highest BCUT2D eigenvalue weighted by Gasteiger charge is 2.29. The molecule has 1 aromatic carbocycles. The number of methoxy groups -OCH3 is 1. The molecule has 0 spiro atoms. The van der Waals surface area contributed by atoms with E-state index in [-0.39, 0.29) is 5.56 Å². The SMILES string of the molecule is COc1ccc(-c2nc(C3CC3)c(Br)c(=O)[nH]2)cc1Br. The highest BCUT2D eigenvalue weighted by molar-refractivity contribution is 9.10. The van der Waals surface area contributed by atoms with Crippen molar-refractivity contribution >= 4 is 31.9 Å². The Bertz CT molecular complexity index is 724. The average molecular weight is 400 g/mol. The number of halogens is 2. The molecular weight excluding hydrogens is 388 g/mol. The standard InChI is InChI=1S/C14H12Br2N2O2/c1-20-10-5-4-8(6-9(10)15)13-17-12(7-2-3-7)11(16)14(19)18-13/h4-7H,2-3H2,1H3,(H,17,18,19). The van der Waals surface area contributed by atoms with Crippen LogP contribution in [0, 0.1) is 0 Å². The number of H-pyrrole nitrogens is 1. The summed E-state index contributed by atoms with van der Waals surface area (Å²) in [5.41, 5.74) is 1.57. The van der Waals surface area contributed by atoms with Gasteiger partial charge in [0.15, 0.2) is 0 Å². The molecule has 0 amide bonds. The van der Waals surface area contributed by atoms with Gasteiger partial charge in [-0.3, -0.25) is 4.79 Å². The Balaban J connectivity index is 2.10. The zero-order valence-electron chi connectivity index (χ0n) is 10.7. The normalized spacial score (nSPS) is 14.3. The van der Waals surface area contributed by atoms with Gasteiger partial charge in [-0.25, -0.2) is 4.98 Å². The zero-order valence-corrected chi connectivity index (χ0v) is 13.9. The second-order valence-electron chi connectivity index (χ2n) is 4.74. The molecule has 1 aliphatic rings. The van der Waals surface area contributed by atoms with Gasteiger partial charge in [-0.1, -0.05) is 0 Å². The first-order valence-corrected chi connectivity index (χ1v) is 7.82. The van der Waals surface area contributed by atoms with Crippen molar-refractivity contribution in [1.82, 2.24) is 9.97 Å². The van der Waals surface area contributed by atoms with Gasteiger partial charge in [0, 0.05) is 11.5 Å². The lowest BCUT2D eigenvalue weighted by molar-refractivity contribution is 0.412. The van der Waals surface area contributed by atoms with Gasteiger partial charge in [-0.05, 0) is 62.9 Å². The zero-order chi connectivity index (χ0) is 14.3. The van der Waals surface area contributed by atoms with Crippen molar-refractivity contribution in [2.45, 2.75) is 18.8 Å². The fraction of sp³-hybridized carbons (Fsp3) is 0.286. The molecular formula is C14H12Br2N2O2. The number of hydrogen-bond donors (Lipinski definition) is 1. The Hall–Kier alpha value is -1.14. The summed E-state index contributed by atoms with van der Waals surface area (Å²) in [7, 11) is 1.62. The van der Waals surface area contributed by atoms with Crippen LogP contribution in [-0.4, -0.2) is 17.1 Å². The van der Waals surface area contributed by atoms with Crippen LogP contribution < -0.4 is 10.3 Å². The van der Waals surface area contributed by atoms with E-state index in [9.17, 15) is 4.79 Å². The second kappa shape index (κ2) is 5.33. The van der Waals surface area contributed by atoms with Crippen molar-refractivity contribution in [2.24, 2.45) is 0 Å².